The van der Waals surface area contributed by atoms with Gasteiger partial charge >= 0.3 is 0 Å². The lowest BCUT2D eigenvalue weighted by Crippen LogP contribution is -2.08. The van der Waals surface area contributed by atoms with Gasteiger partial charge in [0.05, 0.1) is 18.0 Å². The van der Waals surface area contributed by atoms with Crippen LogP contribution in [0, 0.1) is 6.92 Å². The molecule has 0 radical (unpaired) electrons. The summed E-state index contributed by atoms with van der Waals surface area (Å²) < 4.78 is 5.54. The summed E-state index contributed by atoms with van der Waals surface area (Å²) in [6.07, 6.45) is 0.997. The van der Waals surface area contributed by atoms with Gasteiger partial charge in [0.1, 0.15) is 10.9 Å². The number of anilines is 1. The van der Waals surface area contributed by atoms with Crippen molar-refractivity contribution < 1.29 is 4.74 Å². The predicted molar refractivity (Wildman–Crippen MR) is 81.7 cm³/mol. The minimum absolute atomic E-state index is 0.211. The summed E-state index contributed by atoms with van der Waals surface area (Å²) >= 11 is 5.88. The highest BCUT2D eigenvalue weighted by atomic mass is 35.5. The Bertz CT molecular complexity index is 642. The summed E-state index contributed by atoms with van der Waals surface area (Å²) in [7, 11) is 0. The van der Waals surface area contributed by atoms with E-state index in [1.165, 1.54) is 11.1 Å². The van der Waals surface area contributed by atoms with Gasteiger partial charge in [-0.2, -0.15) is 0 Å². The molecule has 0 fully saturated rings. The third-order valence-corrected chi connectivity index (χ3v) is 3.85. The average Bonchev–Trinajstić information content (AvgIpc) is 2.89. The average molecular weight is 289 g/mol. The summed E-state index contributed by atoms with van der Waals surface area (Å²) in [4.78, 5) is 4.26. The topological polar surface area (TPSA) is 34.2 Å². The fourth-order valence-corrected chi connectivity index (χ4v) is 2.67. The second kappa shape index (κ2) is 5.33. The van der Waals surface area contributed by atoms with Crippen LogP contribution in [-0.4, -0.2) is 11.6 Å². The molecule has 0 aliphatic carbocycles. The molecule has 3 rings (SSSR count). The highest BCUT2D eigenvalue weighted by Gasteiger charge is 2.15. The highest BCUT2D eigenvalue weighted by Crippen LogP contribution is 2.29. The van der Waals surface area contributed by atoms with Crippen LogP contribution in [0.25, 0.3) is 0 Å². The van der Waals surface area contributed by atoms with Crippen LogP contribution in [0.1, 0.15) is 29.8 Å². The summed E-state index contributed by atoms with van der Waals surface area (Å²) in [6, 6.07) is 10.4. The van der Waals surface area contributed by atoms with Gasteiger partial charge in [0.25, 0.3) is 0 Å². The number of fused-ring (bicyclic) bond motifs is 1. The molecule has 104 valence electrons. The van der Waals surface area contributed by atoms with Crippen molar-refractivity contribution in [3.8, 4) is 5.75 Å². The van der Waals surface area contributed by atoms with Crippen LogP contribution in [0.4, 0.5) is 5.69 Å². The first-order valence-electron chi connectivity index (χ1n) is 6.79. The molecule has 1 atom stereocenters. The number of hydrogen-bond acceptors (Lipinski definition) is 3. The van der Waals surface area contributed by atoms with Crippen molar-refractivity contribution in [2.75, 3.05) is 11.9 Å². The van der Waals surface area contributed by atoms with Crippen molar-refractivity contribution in [2.45, 2.75) is 26.3 Å². The van der Waals surface area contributed by atoms with Crippen molar-refractivity contribution in [2.24, 2.45) is 0 Å². The smallest absolute Gasteiger partial charge is 0.129 e. The van der Waals surface area contributed by atoms with Crippen molar-refractivity contribution in [3.05, 3.63) is 52.3 Å². The van der Waals surface area contributed by atoms with Crippen LogP contribution >= 0.6 is 11.6 Å². The first kappa shape index (κ1) is 13.3. The van der Waals surface area contributed by atoms with Crippen LogP contribution < -0.4 is 10.1 Å². The van der Waals surface area contributed by atoms with Crippen LogP contribution in [-0.2, 0) is 6.42 Å². The highest BCUT2D eigenvalue weighted by molar-refractivity contribution is 6.29. The summed E-state index contributed by atoms with van der Waals surface area (Å²) in [5, 5.41) is 4.01. The van der Waals surface area contributed by atoms with Gasteiger partial charge in [-0.3, -0.25) is 0 Å². The van der Waals surface area contributed by atoms with E-state index in [0.29, 0.717) is 5.15 Å². The van der Waals surface area contributed by atoms with Crippen LogP contribution in [0.5, 0.6) is 5.75 Å². The number of nitrogens with one attached hydrogen (secondary N) is 1. The maximum atomic E-state index is 5.88. The van der Waals surface area contributed by atoms with Gasteiger partial charge in [0, 0.05) is 12.5 Å². The van der Waals surface area contributed by atoms with E-state index in [1.807, 2.05) is 13.0 Å². The van der Waals surface area contributed by atoms with Gasteiger partial charge in [-0.05, 0) is 49.2 Å². The Morgan fingerprint density at radius 2 is 2.15 bits per heavy atom. The lowest BCUT2D eigenvalue weighted by atomic mass is 10.0. The molecule has 4 heteroatoms. The maximum absolute atomic E-state index is 5.88. The molecule has 1 unspecified atom stereocenters. The number of pyridine rings is 1. The summed E-state index contributed by atoms with van der Waals surface area (Å²) in [6.45, 7) is 4.89. The van der Waals surface area contributed by atoms with Crippen molar-refractivity contribution in [1.82, 2.24) is 4.98 Å². The number of benzene rings is 1. The number of aromatic nitrogens is 1. The van der Waals surface area contributed by atoms with E-state index in [0.717, 1.165) is 30.2 Å². The molecule has 0 saturated heterocycles. The molecular weight excluding hydrogens is 272 g/mol. The third kappa shape index (κ3) is 2.59. The summed E-state index contributed by atoms with van der Waals surface area (Å²) in [5.74, 6) is 1.02. The molecule has 3 nitrogen and oxygen atoms in total. The summed E-state index contributed by atoms with van der Waals surface area (Å²) in [5.41, 5.74) is 4.47. The molecule has 0 spiro atoms. The van der Waals surface area contributed by atoms with Gasteiger partial charge in [-0.1, -0.05) is 17.7 Å². The lowest BCUT2D eigenvalue weighted by molar-refractivity contribution is 0.357. The van der Waals surface area contributed by atoms with Gasteiger partial charge < -0.3 is 10.1 Å². The number of nitrogens with zero attached hydrogens (tertiary/aromatic N) is 1. The number of hydrogen-bond donors (Lipinski definition) is 1. The molecule has 2 heterocycles. The Morgan fingerprint density at radius 3 is 2.95 bits per heavy atom. The van der Waals surface area contributed by atoms with Gasteiger partial charge in [0.2, 0.25) is 0 Å². The Kier molecular flexibility index (Phi) is 3.53. The minimum Gasteiger partial charge on any atom is -0.493 e. The fourth-order valence-electron chi connectivity index (χ4n) is 2.48. The second-order valence-corrected chi connectivity index (χ2v) is 5.49. The monoisotopic (exact) mass is 288 g/mol. The van der Waals surface area contributed by atoms with E-state index in [1.54, 1.807) is 6.07 Å². The molecule has 1 aromatic heterocycles. The Labute approximate surface area is 123 Å². The standard InChI is InChI=1S/C16H17ClN2O/c1-10(18-14-4-6-16(17)19-11(14)2)12-3-5-15-13(9-12)7-8-20-15/h3-6,9-10,18H,7-8H2,1-2H3. The predicted octanol–water partition coefficient (Wildman–Crippen LogP) is 4.15. The molecule has 1 aliphatic heterocycles. The third-order valence-electron chi connectivity index (χ3n) is 3.64. The van der Waals surface area contributed by atoms with E-state index in [2.05, 4.69) is 35.4 Å². The Morgan fingerprint density at radius 1 is 1.30 bits per heavy atom. The second-order valence-electron chi connectivity index (χ2n) is 5.10. The zero-order chi connectivity index (χ0) is 14.1. The van der Waals surface area contributed by atoms with Crippen molar-refractivity contribution in [3.63, 3.8) is 0 Å². The number of aryl methyl sites for hydroxylation is 1. The van der Waals surface area contributed by atoms with Gasteiger partial charge in [-0.15, -0.1) is 0 Å². The molecule has 2 aromatic rings. The zero-order valence-corrected chi connectivity index (χ0v) is 12.4. The van der Waals surface area contributed by atoms with Crippen LogP contribution in [0.15, 0.2) is 30.3 Å². The first-order valence-corrected chi connectivity index (χ1v) is 7.16. The quantitative estimate of drug-likeness (QED) is 0.862. The number of ether oxygens (including phenoxy) is 1. The van der Waals surface area contributed by atoms with E-state index >= 15 is 0 Å². The Balaban J connectivity index is 1.80. The van der Waals surface area contributed by atoms with E-state index in [-0.39, 0.29) is 6.04 Å². The molecule has 1 aromatic carbocycles. The largest absolute Gasteiger partial charge is 0.493 e. The van der Waals surface area contributed by atoms with E-state index in [4.69, 9.17) is 16.3 Å². The van der Waals surface area contributed by atoms with Gasteiger partial charge in [-0.25, -0.2) is 4.98 Å². The van der Waals surface area contributed by atoms with E-state index < -0.39 is 0 Å². The molecule has 0 saturated carbocycles. The SMILES string of the molecule is Cc1nc(Cl)ccc1NC(C)c1ccc2c(c1)CCO2. The van der Waals surface area contributed by atoms with Crippen LogP contribution in [0.3, 0.4) is 0 Å². The van der Waals surface area contributed by atoms with Crippen LogP contribution in [0.2, 0.25) is 5.15 Å². The fraction of sp³-hybridized carbons (Fsp3) is 0.312. The molecule has 0 bridgehead atoms. The maximum Gasteiger partial charge on any atom is 0.129 e. The molecule has 1 aliphatic rings. The Hall–Kier alpha value is -1.74. The number of halogens is 1. The molecular formula is C16H17ClN2O. The minimum atomic E-state index is 0.211. The van der Waals surface area contributed by atoms with Gasteiger partial charge in [0.15, 0.2) is 0 Å². The normalized spacial score (nSPS) is 14.6. The molecule has 1 N–H and O–H groups in total. The molecule has 20 heavy (non-hydrogen) atoms. The lowest BCUT2D eigenvalue weighted by Gasteiger charge is -2.17. The molecule has 0 amide bonds. The zero-order valence-electron chi connectivity index (χ0n) is 11.6. The van der Waals surface area contributed by atoms with Crippen molar-refractivity contribution in [1.29, 1.82) is 0 Å². The van der Waals surface area contributed by atoms with Crippen molar-refractivity contribution >= 4 is 17.3 Å². The van der Waals surface area contributed by atoms with E-state index in [9.17, 15) is 0 Å². The first-order chi connectivity index (χ1) is 9.63. The number of rotatable bonds is 3.